The zero-order valence-corrected chi connectivity index (χ0v) is 10.4. The standard InChI is InChI=1S/C14H19NO/c1-5-15-9-12(14(3,4)16)11-8-10(2)6-7-13(11)15/h6-9,16H,5H2,1-4H3. The summed E-state index contributed by atoms with van der Waals surface area (Å²) in [6, 6.07) is 6.39. The normalized spacial score (nSPS) is 12.3. The molecule has 16 heavy (non-hydrogen) atoms. The Morgan fingerprint density at radius 2 is 2.00 bits per heavy atom. The van der Waals surface area contributed by atoms with Crippen LogP contribution >= 0.6 is 0 Å². The summed E-state index contributed by atoms with van der Waals surface area (Å²) in [4.78, 5) is 0. The molecule has 2 nitrogen and oxygen atoms in total. The Morgan fingerprint density at radius 3 is 2.56 bits per heavy atom. The van der Waals surface area contributed by atoms with Gasteiger partial charge in [0.1, 0.15) is 0 Å². The van der Waals surface area contributed by atoms with Gasteiger partial charge in [-0.1, -0.05) is 11.6 Å². The molecule has 2 heteroatoms. The van der Waals surface area contributed by atoms with E-state index in [1.54, 1.807) is 0 Å². The van der Waals surface area contributed by atoms with Crippen molar-refractivity contribution in [2.24, 2.45) is 0 Å². The Kier molecular flexibility index (Phi) is 2.55. The lowest BCUT2D eigenvalue weighted by molar-refractivity contribution is 0.0800. The van der Waals surface area contributed by atoms with Gasteiger partial charge in [-0.2, -0.15) is 0 Å². The Bertz CT molecular complexity index is 517. The minimum absolute atomic E-state index is 0.785. The topological polar surface area (TPSA) is 25.2 Å². The van der Waals surface area contributed by atoms with Crippen LogP contribution in [0.3, 0.4) is 0 Å². The van der Waals surface area contributed by atoms with Crippen molar-refractivity contribution < 1.29 is 5.11 Å². The predicted octanol–water partition coefficient (Wildman–Crippen LogP) is 3.20. The third kappa shape index (κ3) is 1.74. The van der Waals surface area contributed by atoms with Crippen molar-refractivity contribution in [3.05, 3.63) is 35.5 Å². The minimum atomic E-state index is -0.785. The fraction of sp³-hybridized carbons (Fsp3) is 0.429. The lowest BCUT2D eigenvalue weighted by Gasteiger charge is -2.16. The van der Waals surface area contributed by atoms with Crippen LogP contribution in [-0.2, 0) is 12.1 Å². The SMILES string of the molecule is CCn1cc(C(C)(C)O)c2cc(C)ccc21. The van der Waals surface area contributed by atoms with Crippen molar-refractivity contribution in [3.63, 3.8) is 0 Å². The second kappa shape index (κ2) is 3.63. The molecule has 1 heterocycles. The highest BCUT2D eigenvalue weighted by Crippen LogP contribution is 2.30. The molecule has 0 fully saturated rings. The monoisotopic (exact) mass is 217 g/mol. The van der Waals surface area contributed by atoms with Gasteiger partial charge in [-0.15, -0.1) is 0 Å². The van der Waals surface area contributed by atoms with Gasteiger partial charge < -0.3 is 9.67 Å². The van der Waals surface area contributed by atoms with E-state index >= 15 is 0 Å². The van der Waals surface area contributed by atoms with Gasteiger partial charge in [0.05, 0.1) is 5.60 Å². The number of aryl methyl sites for hydroxylation is 2. The Labute approximate surface area is 96.5 Å². The van der Waals surface area contributed by atoms with Gasteiger partial charge in [-0.25, -0.2) is 0 Å². The van der Waals surface area contributed by atoms with Gasteiger partial charge in [0.2, 0.25) is 0 Å². The van der Waals surface area contributed by atoms with Gasteiger partial charge in [0.15, 0.2) is 0 Å². The number of hydrogen-bond acceptors (Lipinski definition) is 1. The van der Waals surface area contributed by atoms with Crippen LogP contribution in [-0.4, -0.2) is 9.67 Å². The molecule has 0 radical (unpaired) electrons. The largest absolute Gasteiger partial charge is 0.386 e. The summed E-state index contributed by atoms with van der Waals surface area (Å²) in [6.07, 6.45) is 2.06. The van der Waals surface area contributed by atoms with Gasteiger partial charge in [0, 0.05) is 29.2 Å². The van der Waals surface area contributed by atoms with Gasteiger partial charge in [0.25, 0.3) is 0 Å². The molecule has 0 amide bonds. The molecule has 86 valence electrons. The van der Waals surface area contributed by atoms with Crippen LogP contribution in [0, 0.1) is 6.92 Å². The summed E-state index contributed by atoms with van der Waals surface area (Å²) in [7, 11) is 0. The molecular weight excluding hydrogens is 198 g/mol. The Hall–Kier alpha value is -1.28. The summed E-state index contributed by atoms with van der Waals surface area (Å²) < 4.78 is 2.18. The van der Waals surface area contributed by atoms with Crippen LogP contribution in [0.2, 0.25) is 0 Å². The number of fused-ring (bicyclic) bond motifs is 1. The quantitative estimate of drug-likeness (QED) is 0.821. The molecule has 1 N–H and O–H groups in total. The molecule has 2 rings (SSSR count). The van der Waals surface area contributed by atoms with E-state index in [0.717, 1.165) is 17.5 Å². The molecule has 1 aromatic heterocycles. The van der Waals surface area contributed by atoms with Crippen molar-refractivity contribution in [1.82, 2.24) is 4.57 Å². The fourth-order valence-electron chi connectivity index (χ4n) is 2.16. The first kappa shape index (κ1) is 11.2. The summed E-state index contributed by atoms with van der Waals surface area (Å²) >= 11 is 0. The lowest BCUT2D eigenvalue weighted by atomic mass is 9.97. The first-order valence-corrected chi connectivity index (χ1v) is 5.76. The van der Waals surface area contributed by atoms with Gasteiger partial charge >= 0.3 is 0 Å². The molecule has 0 unspecified atom stereocenters. The molecule has 0 saturated carbocycles. The first-order chi connectivity index (χ1) is 7.43. The number of aromatic nitrogens is 1. The highest BCUT2D eigenvalue weighted by Gasteiger charge is 2.21. The molecule has 0 spiro atoms. The maximum absolute atomic E-state index is 10.2. The molecule has 0 atom stereocenters. The third-order valence-electron chi connectivity index (χ3n) is 3.04. The predicted molar refractivity (Wildman–Crippen MR) is 67.6 cm³/mol. The van der Waals surface area contributed by atoms with Crippen LogP contribution < -0.4 is 0 Å². The molecule has 0 bridgehead atoms. The van der Waals surface area contributed by atoms with E-state index < -0.39 is 5.60 Å². The fourth-order valence-corrected chi connectivity index (χ4v) is 2.16. The first-order valence-electron chi connectivity index (χ1n) is 5.76. The van der Waals surface area contributed by atoms with Crippen LogP contribution in [0.1, 0.15) is 31.9 Å². The van der Waals surface area contributed by atoms with Crippen LogP contribution in [0.4, 0.5) is 0 Å². The molecule has 0 aliphatic carbocycles. The van der Waals surface area contributed by atoms with Crippen molar-refractivity contribution in [1.29, 1.82) is 0 Å². The van der Waals surface area contributed by atoms with Crippen molar-refractivity contribution in [3.8, 4) is 0 Å². The highest BCUT2D eigenvalue weighted by molar-refractivity contribution is 5.85. The van der Waals surface area contributed by atoms with Crippen molar-refractivity contribution in [2.75, 3.05) is 0 Å². The van der Waals surface area contributed by atoms with E-state index in [2.05, 4.69) is 42.8 Å². The Morgan fingerprint density at radius 1 is 1.31 bits per heavy atom. The van der Waals surface area contributed by atoms with E-state index in [9.17, 15) is 5.11 Å². The van der Waals surface area contributed by atoms with E-state index in [1.807, 2.05) is 13.8 Å². The smallest absolute Gasteiger partial charge is 0.0861 e. The summed E-state index contributed by atoms with van der Waals surface area (Å²) in [5, 5.41) is 11.3. The molecular formula is C14H19NO. The van der Waals surface area contributed by atoms with Crippen LogP contribution in [0.5, 0.6) is 0 Å². The summed E-state index contributed by atoms with van der Waals surface area (Å²) in [6.45, 7) is 8.80. The minimum Gasteiger partial charge on any atom is -0.386 e. The van der Waals surface area contributed by atoms with E-state index in [4.69, 9.17) is 0 Å². The number of benzene rings is 1. The number of nitrogens with zero attached hydrogens (tertiary/aromatic N) is 1. The van der Waals surface area contributed by atoms with E-state index in [0.29, 0.717) is 0 Å². The summed E-state index contributed by atoms with van der Waals surface area (Å²) in [5.41, 5.74) is 2.65. The molecule has 0 aliphatic heterocycles. The van der Waals surface area contributed by atoms with Crippen LogP contribution in [0.15, 0.2) is 24.4 Å². The lowest BCUT2D eigenvalue weighted by Crippen LogP contribution is -2.14. The number of rotatable bonds is 2. The second-order valence-electron chi connectivity index (χ2n) is 4.91. The zero-order chi connectivity index (χ0) is 11.9. The maximum atomic E-state index is 10.2. The summed E-state index contributed by atoms with van der Waals surface area (Å²) in [5.74, 6) is 0. The average molecular weight is 217 g/mol. The second-order valence-corrected chi connectivity index (χ2v) is 4.91. The Balaban J connectivity index is 2.79. The third-order valence-corrected chi connectivity index (χ3v) is 3.04. The average Bonchev–Trinajstić information content (AvgIpc) is 2.54. The van der Waals surface area contributed by atoms with Crippen molar-refractivity contribution in [2.45, 2.75) is 39.8 Å². The maximum Gasteiger partial charge on any atom is 0.0861 e. The highest BCUT2D eigenvalue weighted by atomic mass is 16.3. The van der Waals surface area contributed by atoms with E-state index in [1.165, 1.54) is 11.1 Å². The molecule has 0 saturated heterocycles. The van der Waals surface area contributed by atoms with Gasteiger partial charge in [-0.3, -0.25) is 0 Å². The van der Waals surface area contributed by atoms with Gasteiger partial charge in [-0.05, 0) is 39.8 Å². The van der Waals surface area contributed by atoms with Crippen molar-refractivity contribution >= 4 is 10.9 Å². The number of hydrogen-bond donors (Lipinski definition) is 1. The van der Waals surface area contributed by atoms with E-state index in [-0.39, 0.29) is 0 Å². The zero-order valence-electron chi connectivity index (χ0n) is 10.4. The number of aliphatic hydroxyl groups is 1. The molecule has 2 aromatic rings. The molecule has 1 aromatic carbocycles. The van der Waals surface area contributed by atoms with Crippen LogP contribution in [0.25, 0.3) is 10.9 Å². The molecule has 0 aliphatic rings.